The maximum atomic E-state index is 6.03. The van der Waals surface area contributed by atoms with Crippen molar-refractivity contribution >= 4 is 70.3 Å². The van der Waals surface area contributed by atoms with Crippen molar-refractivity contribution in [2.24, 2.45) is 0 Å². The minimum atomic E-state index is 0.552. The summed E-state index contributed by atoms with van der Waals surface area (Å²) in [5, 5.41) is 1.40. The Morgan fingerprint density at radius 3 is 2.56 bits per heavy atom. The predicted molar refractivity (Wildman–Crippen MR) is 76.4 cm³/mol. The molecule has 0 amide bonds. The summed E-state index contributed by atoms with van der Waals surface area (Å²) in [6.07, 6.45) is 1.60. The van der Waals surface area contributed by atoms with Crippen LogP contribution in [0.1, 0.15) is 0 Å². The molecule has 0 atom stereocenters. The van der Waals surface area contributed by atoms with Gasteiger partial charge in [-0.1, -0.05) is 11.6 Å². The van der Waals surface area contributed by atoms with Gasteiger partial charge in [-0.3, -0.25) is 4.98 Å². The van der Waals surface area contributed by atoms with E-state index in [9.17, 15) is 0 Å². The first kappa shape index (κ1) is 12.6. The van der Waals surface area contributed by atoms with Crippen LogP contribution in [0.15, 0.2) is 25.7 Å². The number of ether oxygens (including phenoxy) is 1. The van der Waals surface area contributed by atoms with E-state index in [2.05, 4.69) is 52.8 Å². The summed E-state index contributed by atoms with van der Waals surface area (Å²) in [4.78, 5) is 4.28. The summed E-state index contributed by atoms with van der Waals surface area (Å²) < 4.78 is 7.86. The highest BCUT2D eigenvalue weighted by atomic mass is 79.9. The third-order valence-corrected chi connectivity index (χ3v) is 4.63. The zero-order valence-corrected chi connectivity index (χ0v) is 13.5. The SMILES string of the molecule is COc1c(Br)cc(Br)c2ncc(Cl)c(Br)c12. The van der Waals surface area contributed by atoms with E-state index < -0.39 is 0 Å². The van der Waals surface area contributed by atoms with Crippen molar-refractivity contribution in [1.29, 1.82) is 0 Å². The summed E-state index contributed by atoms with van der Waals surface area (Å²) in [7, 11) is 1.61. The molecule has 0 bridgehead atoms. The summed E-state index contributed by atoms with van der Waals surface area (Å²) in [6, 6.07) is 1.90. The molecule has 0 unspecified atom stereocenters. The Labute approximate surface area is 123 Å². The molecule has 0 radical (unpaired) electrons. The minimum absolute atomic E-state index is 0.552. The van der Waals surface area contributed by atoms with E-state index in [1.54, 1.807) is 13.3 Å². The molecular formula is C10H5Br3ClNO. The van der Waals surface area contributed by atoms with E-state index in [1.165, 1.54) is 0 Å². The van der Waals surface area contributed by atoms with Gasteiger partial charge in [-0.15, -0.1) is 0 Å². The first-order valence-corrected chi connectivity index (χ1v) is 6.97. The van der Waals surface area contributed by atoms with E-state index in [1.807, 2.05) is 6.07 Å². The maximum absolute atomic E-state index is 6.03. The normalized spacial score (nSPS) is 10.8. The number of nitrogens with zero attached hydrogens (tertiary/aromatic N) is 1. The maximum Gasteiger partial charge on any atom is 0.143 e. The molecule has 0 fully saturated rings. The van der Waals surface area contributed by atoms with Crippen LogP contribution in [-0.4, -0.2) is 12.1 Å². The van der Waals surface area contributed by atoms with Crippen LogP contribution in [0.2, 0.25) is 5.02 Å². The van der Waals surface area contributed by atoms with Crippen LogP contribution < -0.4 is 4.74 Å². The van der Waals surface area contributed by atoms with Crippen molar-refractivity contribution in [3.63, 3.8) is 0 Å². The second kappa shape index (κ2) is 4.80. The second-order valence-electron chi connectivity index (χ2n) is 3.02. The van der Waals surface area contributed by atoms with E-state index in [-0.39, 0.29) is 0 Å². The van der Waals surface area contributed by atoms with Crippen LogP contribution in [0.4, 0.5) is 0 Å². The van der Waals surface area contributed by atoms with Gasteiger partial charge in [0.05, 0.1) is 32.0 Å². The van der Waals surface area contributed by atoms with E-state index >= 15 is 0 Å². The molecule has 2 aromatic rings. The van der Waals surface area contributed by atoms with Gasteiger partial charge in [-0.25, -0.2) is 0 Å². The number of hydrogen-bond acceptors (Lipinski definition) is 2. The van der Waals surface area contributed by atoms with E-state index in [0.717, 1.165) is 24.3 Å². The molecule has 1 heterocycles. The number of fused-ring (bicyclic) bond motifs is 1. The Morgan fingerprint density at radius 2 is 1.94 bits per heavy atom. The first-order chi connectivity index (χ1) is 7.56. The molecule has 1 aromatic carbocycles. The van der Waals surface area contributed by atoms with Gasteiger partial charge in [-0.2, -0.15) is 0 Å². The largest absolute Gasteiger partial charge is 0.495 e. The van der Waals surface area contributed by atoms with Gasteiger partial charge in [0.15, 0.2) is 0 Å². The van der Waals surface area contributed by atoms with Crippen molar-refractivity contribution in [2.45, 2.75) is 0 Å². The van der Waals surface area contributed by atoms with Gasteiger partial charge in [0.2, 0.25) is 0 Å². The van der Waals surface area contributed by atoms with Crippen LogP contribution in [-0.2, 0) is 0 Å². The van der Waals surface area contributed by atoms with Crippen molar-refractivity contribution < 1.29 is 4.74 Å². The molecule has 0 aliphatic heterocycles. The molecular weight excluding hydrogens is 425 g/mol. The Balaban J connectivity index is 3.01. The highest BCUT2D eigenvalue weighted by Crippen LogP contribution is 2.42. The molecule has 0 saturated carbocycles. The lowest BCUT2D eigenvalue weighted by Crippen LogP contribution is -1.91. The fraction of sp³-hybridized carbons (Fsp3) is 0.100. The van der Waals surface area contributed by atoms with Crippen LogP contribution >= 0.6 is 59.4 Å². The lowest BCUT2D eigenvalue weighted by Gasteiger charge is -2.11. The highest BCUT2D eigenvalue weighted by Gasteiger charge is 2.15. The van der Waals surface area contributed by atoms with Crippen molar-refractivity contribution in [1.82, 2.24) is 4.98 Å². The first-order valence-electron chi connectivity index (χ1n) is 4.22. The molecule has 16 heavy (non-hydrogen) atoms. The fourth-order valence-electron chi connectivity index (χ4n) is 1.42. The number of benzene rings is 1. The molecule has 2 rings (SSSR count). The highest BCUT2D eigenvalue weighted by molar-refractivity contribution is 9.11. The lowest BCUT2D eigenvalue weighted by atomic mass is 10.2. The third-order valence-electron chi connectivity index (χ3n) is 2.10. The van der Waals surface area contributed by atoms with Crippen LogP contribution in [0, 0.1) is 0 Å². The van der Waals surface area contributed by atoms with Gasteiger partial charge in [0, 0.05) is 10.7 Å². The Kier molecular flexibility index (Phi) is 3.79. The van der Waals surface area contributed by atoms with Crippen molar-refractivity contribution in [3.8, 4) is 5.75 Å². The fourth-order valence-corrected chi connectivity index (χ4v) is 3.46. The molecule has 0 saturated heterocycles. The molecule has 0 spiro atoms. The second-order valence-corrected chi connectivity index (χ2v) is 5.93. The minimum Gasteiger partial charge on any atom is -0.495 e. The van der Waals surface area contributed by atoms with Crippen molar-refractivity contribution in [3.05, 3.63) is 30.7 Å². The summed E-state index contributed by atoms with van der Waals surface area (Å²) in [6.45, 7) is 0. The number of hydrogen-bond donors (Lipinski definition) is 0. The lowest BCUT2D eigenvalue weighted by molar-refractivity contribution is 0.417. The molecule has 0 aliphatic carbocycles. The van der Waals surface area contributed by atoms with Gasteiger partial charge in [0.25, 0.3) is 0 Å². The Hall–Kier alpha value is 0.160. The average Bonchev–Trinajstić information content (AvgIpc) is 2.24. The Bertz CT molecular complexity index is 574. The number of methoxy groups -OCH3 is 1. The smallest absolute Gasteiger partial charge is 0.143 e. The standard InChI is InChI=1S/C10H5Br3ClNO/c1-16-10-5(12)2-4(11)9-7(10)8(13)6(14)3-15-9/h2-3H,1H3. The van der Waals surface area contributed by atoms with Gasteiger partial charge in [-0.05, 0) is 53.9 Å². The number of aromatic nitrogens is 1. The van der Waals surface area contributed by atoms with Gasteiger partial charge in [0.1, 0.15) is 5.75 Å². The molecule has 6 heteroatoms. The predicted octanol–water partition coefficient (Wildman–Crippen LogP) is 5.18. The number of halogens is 4. The number of rotatable bonds is 1. The van der Waals surface area contributed by atoms with Crippen LogP contribution in [0.25, 0.3) is 10.9 Å². The average molecular weight is 430 g/mol. The monoisotopic (exact) mass is 427 g/mol. The zero-order valence-electron chi connectivity index (χ0n) is 8.02. The van der Waals surface area contributed by atoms with Crippen LogP contribution in [0.3, 0.4) is 0 Å². The summed E-state index contributed by atoms with van der Waals surface area (Å²) in [5.41, 5.74) is 0.802. The Morgan fingerprint density at radius 1 is 1.25 bits per heavy atom. The van der Waals surface area contributed by atoms with E-state index in [0.29, 0.717) is 10.8 Å². The van der Waals surface area contributed by atoms with Gasteiger partial charge < -0.3 is 4.74 Å². The molecule has 84 valence electrons. The third kappa shape index (κ3) is 1.98. The summed E-state index contributed by atoms with van der Waals surface area (Å²) in [5.74, 6) is 0.708. The summed E-state index contributed by atoms with van der Waals surface area (Å²) >= 11 is 16.4. The zero-order chi connectivity index (χ0) is 11.9. The quantitative estimate of drug-likeness (QED) is 0.622. The van der Waals surface area contributed by atoms with Crippen molar-refractivity contribution in [2.75, 3.05) is 7.11 Å². The topological polar surface area (TPSA) is 22.1 Å². The number of pyridine rings is 1. The molecule has 2 nitrogen and oxygen atoms in total. The van der Waals surface area contributed by atoms with Crippen LogP contribution in [0.5, 0.6) is 5.75 Å². The molecule has 1 aromatic heterocycles. The van der Waals surface area contributed by atoms with E-state index in [4.69, 9.17) is 16.3 Å². The molecule has 0 aliphatic rings. The van der Waals surface area contributed by atoms with Gasteiger partial charge >= 0.3 is 0 Å². The molecule has 0 N–H and O–H groups in total.